The lowest BCUT2D eigenvalue weighted by Crippen LogP contribution is -2.50. The molecule has 0 amide bonds. The second-order valence-electron chi connectivity index (χ2n) is 7.01. The van der Waals surface area contributed by atoms with Gasteiger partial charge < -0.3 is 9.84 Å². The maximum atomic E-state index is 10.8. The van der Waals surface area contributed by atoms with Crippen molar-refractivity contribution in [3.05, 3.63) is 34.9 Å². The Balaban J connectivity index is 2.11. The minimum absolute atomic E-state index is 0.358. The fourth-order valence-corrected chi connectivity index (χ4v) is 3.50. The highest BCUT2D eigenvalue weighted by atomic mass is 35.5. The van der Waals surface area contributed by atoms with E-state index in [1.807, 2.05) is 31.2 Å². The molecule has 3 heteroatoms. The zero-order valence-electron chi connectivity index (χ0n) is 13.4. The molecular weight excluding hydrogens is 284 g/mol. The highest BCUT2D eigenvalue weighted by molar-refractivity contribution is 6.30. The zero-order chi connectivity index (χ0) is 15.5. The van der Waals surface area contributed by atoms with Crippen molar-refractivity contribution in [1.29, 1.82) is 0 Å². The summed E-state index contributed by atoms with van der Waals surface area (Å²) in [4.78, 5) is 0. The predicted molar refractivity (Wildman–Crippen MR) is 87.8 cm³/mol. The predicted octanol–water partition coefficient (Wildman–Crippen LogP) is 4.62. The molecule has 1 atom stereocenters. The van der Waals surface area contributed by atoms with Gasteiger partial charge in [0, 0.05) is 18.1 Å². The van der Waals surface area contributed by atoms with Gasteiger partial charge in [0.1, 0.15) is 0 Å². The van der Waals surface area contributed by atoms with Crippen molar-refractivity contribution >= 4 is 11.6 Å². The smallest absolute Gasteiger partial charge is 0.0943 e. The summed E-state index contributed by atoms with van der Waals surface area (Å²) in [5.41, 5.74) is 1.03. The molecule has 0 aliphatic heterocycles. The van der Waals surface area contributed by atoms with Crippen LogP contribution >= 0.6 is 11.6 Å². The number of halogens is 1. The Hall–Kier alpha value is -0.570. The van der Waals surface area contributed by atoms with E-state index in [0.29, 0.717) is 18.4 Å². The van der Waals surface area contributed by atoms with Crippen LogP contribution in [0.5, 0.6) is 0 Å². The number of hydrogen-bond acceptors (Lipinski definition) is 2. The van der Waals surface area contributed by atoms with Crippen LogP contribution in [0.2, 0.25) is 5.02 Å². The van der Waals surface area contributed by atoms with Crippen molar-refractivity contribution in [3.8, 4) is 0 Å². The molecule has 118 valence electrons. The third kappa shape index (κ3) is 4.21. The number of aliphatic hydroxyl groups excluding tert-OH is 1. The number of ether oxygens (including phenoxy) is 1. The standard InChI is InChI=1S/C18H27ClO2/c1-4-21-18(10-8-17(2,3)9-11-18)16(20)13-14-6-5-7-15(19)12-14/h5-7,12,16,20H,4,8-11,13H2,1-3H3. The van der Waals surface area contributed by atoms with Crippen LogP contribution in [0.3, 0.4) is 0 Å². The van der Waals surface area contributed by atoms with Gasteiger partial charge in [-0.15, -0.1) is 0 Å². The zero-order valence-corrected chi connectivity index (χ0v) is 14.1. The molecule has 0 bridgehead atoms. The first-order chi connectivity index (χ1) is 9.87. The normalized spacial score (nSPS) is 22.0. The summed E-state index contributed by atoms with van der Waals surface area (Å²) in [6.45, 7) is 7.25. The summed E-state index contributed by atoms with van der Waals surface area (Å²) >= 11 is 6.03. The van der Waals surface area contributed by atoms with E-state index in [2.05, 4.69) is 13.8 Å². The van der Waals surface area contributed by atoms with Crippen LogP contribution in [-0.4, -0.2) is 23.4 Å². The van der Waals surface area contributed by atoms with E-state index in [9.17, 15) is 5.11 Å². The minimum Gasteiger partial charge on any atom is -0.390 e. The van der Waals surface area contributed by atoms with Gasteiger partial charge in [-0.3, -0.25) is 0 Å². The van der Waals surface area contributed by atoms with Crippen LogP contribution in [0.4, 0.5) is 0 Å². The number of rotatable bonds is 5. The van der Waals surface area contributed by atoms with Crippen LogP contribution in [0, 0.1) is 5.41 Å². The molecule has 1 aromatic carbocycles. The molecule has 0 radical (unpaired) electrons. The summed E-state index contributed by atoms with van der Waals surface area (Å²) < 4.78 is 6.05. The Morgan fingerprint density at radius 1 is 1.24 bits per heavy atom. The van der Waals surface area contributed by atoms with E-state index in [0.717, 1.165) is 36.3 Å². The SMILES string of the molecule is CCOC1(C(O)Cc2cccc(Cl)c2)CCC(C)(C)CC1. The molecule has 0 spiro atoms. The number of aliphatic hydroxyl groups is 1. The Bertz CT molecular complexity index is 460. The van der Waals surface area contributed by atoms with Crippen molar-refractivity contribution in [3.63, 3.8) is 0 Å². The average molecular weight is 311 g/mol. The number of hydrogen-bond donors (Lipinski definition) is 1. The second kappa shape index (κ2) is 6.68. The summed E-state index contributed by atoms with van der Waals surface area (Å²) in [6.07, 6.45) is 4.16. The Morgan fingerprint density at radius 2 is 1.90 bits per heavy atom. The van der Waals surface area contributed by atoms with Crippen molar-refractivity contribution in [2.24, 2.45) is 5.41 Å². The molecule has 0 saturated heterocycles. The molecule has 1 aliphatic carbocycles. The van der Waals surface area contributed by atoms with Gasteiger partial charge in [-0.2, -0.15) is 0 Å². The van der Waals surface area contributed by atoms with Gasteiger partial charge in [0.05, 0.1) is 11.7 Å². The molecule has 21 heavy (non-hydrogen) atoms. The molecule has 0 heterocycles. The summed E-state index contributed by atoms with van der Waals surface area (Å²) in [7, 11) is 0. The van der Waals surface area contributed by atoms with Crippen molar-refractivity contribution in [2.45, 2.75) is 64.6 Å². The van der Waals surface area contributed by atoms with E-state index < -0.39 is 11.7 Å². The second-order valence-corrected chi connectivity index (χ2v) is 7.45. The highest BCUT2D eigenvalue weighted by Crippen LogP contribution is 2.44. The van der Waals surface area contributed by atoms with E-state index in [1.54, 1.807) is 0 Å². The third-order valence-corrected chi connectivity index (χ3v) is 5.04. The molecule has 2 rings (SSSR count). The quantitative estimate of drug-likeness (QED) is 0.860. The lowest BCUT2D eigenvalue weighted by molar-refractivity contribution is -0.150. The first-order valence-corrected chi connectivity index (χ1v) is 8.31. The minimum atomic E-state index is -0.480. The molecule has 1 saturated carbocycles. The van der Waals surface area contributed by atoms with Crippen LogP contribution < -0.4 is 0 Å². The fourth-order valence-electron chi connectivity index (χ4n) is 3.28. The van der Waals surface area contributed by atoms with Gasteiger partial charge in [0.2, 0.25) is 0 Å². The number of benzene rings is 1. The topological polar surface area (TPSA) is 29.5 Å². The molecule has 1 unspecified atom stereocenters. The Labute approximate surface area is 133 Å². The van der Waals surface area contributed by atoms with Crippen molar-refractivity contribution in [1.82, 2.24) is 0 Å². The molecule has 1 N–H and O–H groups in total. The van der Waals surface area contributed by atoms with Crippen LogP contribution in [0.25, 0.3) is 0 Å². The highest BCUT2D eigenvalue weighted by Gasteiger charge is 2.44. The van der Waals surface area contributed by atoms with E-state index in [-0.39, 0.29) is 0 Å². The molecule has 0 aromatic heterocycles. The third-order valence-electron chi connectivity index (χ3n) is 4.81. The monoisotopic (exact) mass is 310 g/mol. The van der Waals surface area contributed by atoms with E-state index >= 15 is 0 Å². The molecule has 1 aromatic rings. The van der Waals surface area contributed by atoms with Crippen molar-refractivity contribution < 1.29 is 9.84 Å². The fraction of sp³-hybridized carbons (Fsp3) is 0.667. The Morgan fingerprint density at radius 3 is 2.48 bits per heavy atom. The summed E-state index contributed by atoms with van der Waals surface area (Å²) in [5.74, 6) is 0. The van der Waals surface area contributed by atoms with Crippen molar-refractivity contribution in [2.75, 3.05) is 6.61 Å². The first-order valence-electron chi connectivity index (χ1n) is 7.93. The van der Waals surface area contributed by atoms with Gasteiger partial charge in [0.25, 0.3) is 0 Å². The summed E-state index contributed by atoms with van der Waals surface area (Å²) in [6, 6.07) is 7.74. The van der Waals surface area contributed by atoms with Crippen LogP contribution in [-0.2, 0) is 11.2 Å². The van der Waals surface area contributed by atoms with Gasteiger partial charge in [0.15, 0.2) is 0 Å². The first kappa shape index (κ1) is 16.8. The van der Waals surface area contributed by atoms with E-state index in [4.69, 9.17) is 16.3 Å². The lowest BCUT2D eigenvalue weighted by atomic mass is 9.68. The maximum Gasteiger partial charge on any atom is 0.0943 e. The lowest BCUT2D eigenvalue weighted by Gasteiger charge is -2.46. The van der Waals surface area contributed by atoms with Crippen LogP contribution in [0.15, 0.2) is 24.3 Å². The van der Waals surface area contributed by atoms with Gasteiger partial charge >= 0.3 is 0 Å². The van der Waals surface area contributed by atoms with Gasteiger partial charge in [-0.1, -0.05) is 37.6 Å². The Kier molecular flexibility index (Phi) is 5.34. The summed E-state index contributed by atoms with van der Waals surface area (Å²) in [5, 5.41) is 11.5. The average Bonchev–Trinajstić information content (AvgIpc) is 2.41. The molecule has 1 fully saturated rings. The largest absolute Gasteiger partial charge is 0.390 e. The molecule has 1 aliphatic rings. The van der Waals surface area contributed by atoms with Gasteiger partial charge in [-0.25, -0.2) is 0 Å². The maximum absolute atomic E-state index is 10.8. The molecule has 2 nitrogen and oxygen atoms in total. The molecular formula is C18H27ClO2. The van der Waals surface area contributed by atoms with Crippen LogP contribution in [0.1, 0.15) is 52.0 Å². The van der Waals surface area contributed by atoms with E-state index in [1.165, 1.54) is 0 Å². The van der Waals surface area contributed by atoms with Gasteiger partial charge in [-0.05, 0) is 55.7 Å².